The van der Waals surface area contributed by atoms with Crippen LogP contribution in [0.25, 0.3) is 32.7 Å². The van der Waals surface area contributed by atoms with E-state index in [9.17, 15) is 9.90 Å². The molecule has 2 N–H and O–H groups in total. The highest BCUT2D eigenvalue weighted by Gasteiger charge is 2.25. The van der Waals surface area contributed by atoms with Crippen LogP contribution in [0.15, 0.2) is 71.1 Å². The number of fused-ring (bicyclic) bond motifs is 4. The third-order valence-corrected chi connectivity index (χ3v) is 7.88. The number of rotatable bonds is 5. The lowest BCUT2D eigenvalue weighted by atomic mass is 10.1. The summed E-state index contributed by atoms with van der Waals surface area (Å²) in [5, 5.41) is 16.8. The van der Waals surface area contributed by atoms with Gasteiger partial charge in [-0.1, -0.05) is 12.1 Å². The lowest BCUT2D eigenvalue weighted by Crippen LogP contribution is -2.53. The van der Waals surface area contributed by atoms with Crippen LogP contribution < -0.4 is 15.8 Å². The molecular formula is C27H25N9O2S. The van der Waals surface area contributed by atoms with Crippen LogP contribution >= 0.6 is 11.3 Å². The molecule has 2 aromatic carbocycles. The van der Waals surface area contributed by atoms with Gasteiger partial charge in [0.15, 0.2) is 11.3 Å². The van der Waals surface area contributed by atoms with Gasteiger partial charge in [-0.25, -0.2) is 19.6 Å². The molecule has 4 aromatic heterocycles. The van der Waals surface area contributed by atoms with Crippen LogP contribution in [0.4, 0.5) is 17.3 Å². The first kappa shape index (κ1) is 23.7. The Morgan fingerprint density at radius 1 is 1.05 bits per heavy atom. The fraction of sp³-hybridized carbons (Fsp3) is 0.222. The molecule has 0 radical (unpaired) electrons. The number of aromatic nitrogens is 6. The summed E-state index contributed by atoms with van der Waals surface area (Å²) >= 11 is 1.45. The number of anilines is 3. The number of aliphatic hydroxyl groups excluding tert-OH is 1. The van der Waals surface area contributed by atoms with Crippen molar-refractivity contribution in [3.05, 3.63) is 76.7 Å². The smallest absolute Gasteiger partial charge is 0.284 e. The van der Waals surface area contributed by atoms with Crippen molar-refractivity contribution in [3.63, 3.8) is 0 Å². The molecule has 1 saturated heterocycles. The molecule has 0 amide bonds. The van der Waals surface area contributed by atoms with E-state index >= 15 is 0 Å². The third-order valence-electron chi connectivity index (χ3n) is 7.13. The Kier molecular flexibility index (Phi) is 5.72. The normalized spacial score (nSPS) is 16.5. The first-order valence-electron chi connectivity index (χ1n) is 12.6. The molecule has 1 aliphatic rings. The van der Waals surface area contributed by atoms with Gasteiger partial charge < -0.3 is 20.2 Å². The van der Waals surface area contributed by atoms with Gasteiger partial charge in [0, 0.05) is 54.2 Å². The van der Waals surface area contributed by atoms with Gasteiger partial charge in [0.2, 0.25) is 11.1 Å². The number of likely N-dealkylation sites (N-methyl/N-ethyl adjacent to an activating group) is 1. The highest BCUT2D eigenvalue weighted by Crippen LogP contribution is 2.27. The lowest BCUT2D eigenvalue weighted by molar-refractivity contribution is 0.191. The van der Waals surface area contributed by atoms with Crippen molar-refractivity contribution in [2.75, 3.05) is 43.5 Å². The molecule has 1 aliphatic heterocycles. The van der Waals surface area contributed by atoms with Crippen molar-refractivity contribution < 1.29 is 5.11 Å². The molecule has 0 saturated carbocycles. The van der Waals surface area contributed by atoms with Gasteiger partial charge >= 0.3 is 0 Å². The number of nitrogens with one attached hydrogen (secondary N) is 1. The summed E-state index contributed by atoms with van der Waals surface area (Å²) < 4.78 is 3.33. The van der Waals surface area contributed by atoms with Crippen molar-refractivity contribution in [2.45, 2.75) is 6.04 Å². The van der Waals surface area contributed by atoms with Gasteiger partial charge in [0.25, 0.3) is 5.56 Å². The average Bonchev–Trinajstić information content (AvgIpc) is 3.60. The van der Waals surface area contributed by atoms with E-state index in [0.717, 1.165) is 41.9 Å². The maximum absolute atomic E-state index is 13.7. The number of nitrogens with zero attached hydrogens (tertiary/aromatic N) is 8. The predicted octanol–water partition coefficient (Wildman–Crippen LogP) is 2.89. The predicted molar refractivity (Wildman–Crippen MR) is 153 cm³/mol. The van der Waals surface area contributed by atoms with Crippen LogP contribution in [0.2, 0.25) is 0 Å². The molecule has 1 fully saturated rings. The second-order valence-electron chi connectivity index (χ2n) is 9.59. The number of piperazine rings is 1. The van der Waals surface area contributed by atoms with Crippen molar-refractivity contribution in [1.29, 1.82) is 0 Å². The molecule has 1 unspecified atom stereocenters. The average molecular weight is 540 g/mol. The first-order valence-corrected chi connectivity index (χ1v) is 13.5. The highest BCUT2D eigenvalue weighted by atomic mass is 32.1. The van der Waals surface area contributed by atoms with E-state index in [1.807, 2.05) is 53.9 Å². The third kappa shape index (κ3) is 4.00. The Balaban J connectivity index is 1.25. The van der Waals surface area contributed by atoms with Crippen molar-refractivity contribution in [1.82, 2.24) is 34.0 Å². The van der Waals surface area contributed by atoms with Crippen LogP contribution in [0.1, 0.15) is 0 Å². The van der Waals surface area contributed by atoms with Gasteiger partial charge in [0.05, 0.1) is 18.2 Å². The molecule has 12 heteroatoms. The highest BCUT2D eigenvalue weighted by molar-refractivity contribution is 7.12. The SMILES string of the molecule is CN1CCN(c2ccc(Nc3ncc4c(=O)n5c(nc4n3)c3ccccc3n5-c3nccs3)cc2)C(CO)C1. The van der Waals surface area contributed by atoms with Crippen LogP contribution in [0.3, 0.4) is 0 Å². The molecule has 11 nitrogen and oxygen atoms in total. The lowest BCUT2D eigenvalue weighted by Gasteiger charge is -2.40. The van der Waals surface area contributed by atoms with E-state index in [2.05, 4.69) is 37.1 Å². The molecule has 1 atom stereocenters. The molecule has 0 spiro atoms. The quantitative estimate of drug-likeness (QED) is 0.341. The number of aliphatic hydroxyl groups is 1. The molecule has 0 bridgehead atoms. The van der Waals surface area contributed by atoms with Crippen LogP contribution in [-0.4, -0.2) is 78.5 Å². The van der Waals surface area contributed by atoms with Gasteiger partial charge in [0.1, 0.15) is 5.39 Å². The van der Waals surface area contributed by atoms with Crippen LogP contribution in [-0.2, 0) is 0 Å². The molecule has 7 rings (SSSR count). The molecule has 0 aliphatic carbocycles. The molecular weight excluding hydrogens is 514 g/mol. The fourth-order valence-electron chi connectivity index (χ4n) is 5.22. The second-order valence-corrected chi connectivity index (χ2v) is 10.5. The zero-order chi connectivity index (χ0) is 26.5. The Bertz CT molecular complexity index is 1860. The van der Waals surface area contributed by atoms with E-state index in [1.54, 1.807) is 15.4 Å². The van der Waals surface area contributed by atoms with E-state index in [1.165, 1.54) is 17.5 Å². The fourth-order valence-corrected chi connectivity index (χ4v) is 5.87. The van der Waals surface area contributed by atoms with Crippen molar-refractivity contribution in [2.24, 2.45) is 0 Å². The molecule has 5 heterocycles. The standard InChI is InChI=1S/C27H25N9O2S/c1-33-11-12-34(19(15-33)16-37)18-8-6-17(7-9-18)30-26-29-14-21-23(32-26)31-24-20-4-2-3-5-22(20)35(36(24)25(21)38)27-28-10-13-39-27/h2-10,13-14,19,37H,11-12,15-16H2,1H3,(H,29,30,32). The number of benzene rings is 2. The van der Waals surface area contributed by atoms with E-state index < -0.39 is 0 Å². The van der Waals surface area contributed by atoms with E-state index in [0.29, 0.717) is 27.8 Å². The monoisotopic (exact) mass is 539 g/mol. The molecule has 196 valence electrons. The van der Waals surface area contributed by atoms with Crippen LogP contribution in [0, 0.1) is 0 Å². The zero-order valence-electron chi connectivity index (χ0n) is 21.1. The number of hydrogen-bond donors (Lipinski definition) is 2. The minimum atomic E-state index is -0.261. The van der Waals surface area contributed by atoms with E-state index in [-0.39, 0.29) is 18.2 Å². The van der Waals surface area contributed by atoms with Gasteiger partial charge in [-0.05, 0) is 43.4 Å². The first-order chi connectivity index (χ1) is 19.1. The minimum Gasteiger partial charge on any atom is -0.394 e. The summed E-state index contributed by atoms with van der Waals surface area (Å²) in [5.41, 5.74) is 3.27. The summed E-state index contributed by atoms with van der Waals surface area (Å²) in [5.74, 6) is 0.350. The Morgan fingerprint density at radius 3 is 2.69 bits per heavy atom. The Labute approximate surface area is 226 Å². The zero-order valence-corrected chi connectivity index (χ0v) is 21.9. The Morgan fingerprint density at radius 2 is 1.90 bits per heavy atom. The van der Waals surface area contributed by atoms with Gasteiger partial charge in [-0.2, -0.15) is 9.50 Å². The van der Waals surface area contributed by atoms with Crippen molar-refractivity contribution >= 4 is 56.2 Å². The number of thiazole rings is 1. The van der Waals surface area contributed by atoms with Gasteiger partial charge in [-0.3, -0.25) is 4.79 Å². The summed E-state index contributed by atoms with van der Waals surface area (Å²) in [6.07, 6.45) is 3.23. The van der Waals surface area contributed by atoms with E-state index in [4.69, 9.17) is 4.98 Å². The molecule has 39 heavy (non-hydrogen) atoms. The topological polar surface area (TPSA) is 117 Å². The van der Waals surface area contributed by atoms with Crippen LogP contribution in [0.5, 0.6) is 0 Å². The summed E-state index contributed by atoms with van der Waals surface area (Å²) in [6, 6.07) is 15.8. The number of hydrogen-bond acceptors (Lipinski definition) is 10. The summed E-state index contributed by atoms with van der Waals surface area (Å²) in [4.78, 5) is 36.3. The number of para-hydroxylation sites is 1. The summed E-state index contributed by atoms with van der Waals surface area (Å²) in [7, 11) is 2.07. The Hall–Kier alpha value is -4.39. The van der Waals surface area contributed by atoms with Gasteiger partial charge in [-0.15, -0.1) is 11.3 Å². The second kappa shape index (κ2) is 9.42. The maximum atomic E-state index is 13.7. The summed E-state index contributed by atoms with van der Waals surface area (Å²) in [6.45, 7) is 2.74. The molecule has 6 aromatic rings. The largest absolute Gasteiger partial charge is 0.394 e. The van der Waals surface area contributed by atoms with Crippen molar-refractivity contribution in [3.8, 4) is 5.13 Å². The maximum Gasteiger partial charge on any atom is 0.284 e. The minimum absolute atomic E-state index is 0.0648.